The van der Waals surface area contributed by atoms with E-state index in [0.717, 1.165) is 0 Å². The Bertz CT molecular complexity index is 441. The Morgan fingerprint density at radius 2 is 2.05 bits per heavy atom. The van der Waals surface area contributed by atoms with E-state index in [1.165, 1.54) is 19.2 Å². The highest BCUT2D eigenvalue weighted by atomic mass is 19.1. The standard InChI is InChI=1S/C14H20FNO3/c1-14(2,3)19-13(17)7-8-16-11-6-5-10(15)9-12(11)18-4/h5-6,9,16H,7-8H2,1-4H3. The van der Waals surface area contributed by atoms with E-state index in [9.17, 15) is 9.18 Å². The summed E-state index contributed by atoms with van der Waals surface area (Å²) in [5.74, 6) is -0.236. The van der Waals surface area contributed by atoms with Crippen LogP contribution < -0.4 is 10.1 Å². The van der Waals surface area contributed by atoms with E-state index in [1.807, 2.05) is 20.8 Å². The molecule has 1 aromatic carbocycles. The van der Waals surface area contributed by atoms with Gasteiger partial charge in [-0.3, -0.25) is 4.79 Å². The maximum atomic E-state index is 13.0. The molecule has 1 aromatic rings. The summed E-state index contributed by atoms with van der Waals surface area (Å²) < 4.78 is 23.2. The normalized spacial score (nSPS) is 11.0. The van der Waals surface area contributed by atoms with Crippen LogP contribution in [-0.2, 0) is 9.53 Å². The lowest BCUT2D eigenvalue weighted by Crippen LogP contribution is -2.25. The largest absolute Gasteiger partial charge is 0.494 e. The third-order valence-corrected chi connectivity index (χ3v) is 2.23. The van der Waals surface area contributed by atoms with Crippen LogP contribution in [-0.4, -0.2) is 25.2 Å². The Kier molecular flexibility index (Phi) is 5.15. The number of rotatable bonds is 5. The van der Waals surface area contributed by atoms with Gasteiger partial charge in [-0.15, -0.1) is 0 Å². The Hall–Kier alpha value is -1.78. The molecule has 5 heteroatoms. The Morgan fingerprint density at radius 1 is 1.37 bits per heavy atom. The van der Waals surface area contributed by atoms with Crippen LogP contribution in [0.25, 0.3) is 0 Å². The van der Waals surface area contributed by atoms with Crippen molar-refractivity contribution >= 4 is 11.7 Å². The molecule has 1 N–H and O–H groups in total. The van der Waals surface area contributed by atoms with E-state index in [2.05, 4.69) is 5.32 Å². The highest BCUT2D eigenvalue weighted by Crippen LogP contribution is 2.24. The number of esters is 1. The molecule has 0 fully saturated rings. The third kappa shape index (κ3) is 5.59. The van der Waals surface area contributed by atoms with Crippen molar-refractivity contribution in [3.05, 3.63) is 24.0 Å². The van der Waals surface area contributed by atoms with Crippen molar-refractivity contribution in [2.24, 2.45) is 0 Å². The molecule has 0 aliphatic heterocycles. The first kappa shape index (κ1) is 15.3. The van der Waals surface area contributed by atoms with E-state index < -0.39 is 5.60 Å². The number of carbonyl (C=O) groups is 1. The molecule has 0 amide bonds. The van der Waals surface area contributed by atoms with Gasteiger partial charge in [0.2, 0.25) is 0 Å². The number of halogens is 1. The fourth-order valence-corrected chi connectivity index (χ4v) is 1.50. The molecule has 0 radical (unpaired) electrons. The zero-order chi connectivity index (χ0) is 14.5. The second-order valence-corrected chi connectivity index (χ2v) is 5.11. The van der Waals surface area contributed by atoms with Gasteiger partial charge in [-0.2, -0.15) is 0 Å². The topological polar surface area (TPSA) is 47.6 Å². The zero-order valence-corrected chi connectivity index (χ0v) is 11.7. The Balaban J connectivity index is 2.47. The van der Waals surface area contributed by atoms with Crippen LogP contribution in [0, 0.1) is 5.82 Å². The van der Waals surface area contributed by atoms with Gasteiger partial charge in [-0.1, -0.05) is 0 Å². The Morgan fingerprint density at radius 3 is 2.63 bits per heavy atom. The minimum Gasteiger partial charge on any atom is -0.494 e. The first-order valence-electron chi connectivity index (χ1n) is 6.11. The number of benzene rings is 1. The fourth-order valence-electron chi connectivity index (χ4n) is 1.50. The lowest BCUT2D eigenvalue weighted by atomic mass is 10.2. The van der Waals surface area contributed by atoms with E-state index in [-0.39, 0.29) is 18.2 Å². The van der Waals surface area contributed by atoms with Gasteiger partial charge >= 0.3 is 5.97 Å². The average molecular weight is 269 g/mol. The van der Waals surface area contributed by atoms with Gasteiger partial charge in [-0.25, -0.2) is 4.39 Å². The molecule has 19 heavy (non-hydrogen) atoms. The van der Waals surface area contributed by atoms with Crippen molar-refractivity contribution < 1.29 is 18.7 Å². The Labute approximate surface area is 112 Å². The lowest BCUT2D eigenvalue weighted by molar-refractivity contribution is -0.154. The number of hydrogen-bond acceptors (Lipinski definition) is 4. The molecule has 0 spiro atoms. The van der Waals surface area contributed by atoms with Crippen molar-refractivity contribution in [3.63, 3.8) is 0 Å². The molecule has 0 aliphatic carbocycles. The molecule has 4 nitrogen and oxygen atoms in total. The summed E-state index contributed by atoms with van der Waals surface area (Å²) in [6, 6.07) is 4.19. The number of methoxy groups -OCH3 is 1. The monoisotopic (exact) mass is 269 g/mol. The zero-order valence-electron chi connectivity index (χ0n) is 11.7. The predicted octanol–water partition coefficient (Wildman–Crippen LogP) is 2.98. The third-order valence-electron chi connectivity index (χ3n) is 2.23. The number of ether oxygens (including phenoxy) is 2. The van der Waals surface area contributed by atoms with E-state index in [4.69, 9.17) is 9.47 Å². The van der Waals surface area contributed by atoms with Crippen LogP contribution in [0.3, 0.4) is 0 Å². The van der Waals surface area contributed by atoms with Gasteiger partial charge in [0.05, 0.1) is 19.2 Å². The molecular formula is C14H20FNO3. The number of nitrogens with one attached hydrogen (secondary N) is 1. The minimum atomic E-state index is -0.481. The maximum absolute atomic E-state index is 13.0. The van der Waals surface area contributed by atoms with Crippen LogP contribution >= 0.6 is 0 Å². The highest BCUT2D eigenvalue weighted by molar-refractivity contribution is 5.70. The van der Waals surface area contributed by atoms with Crippen molar-refractivity contribution in [2.75, 3.05) is 19.0 Å². The number of carbonyl (C=O) groups excluding carboxylic acids is 1. The van der Waals surface area contributed by atoms with Gasteiger partial charge in [0.25, 0.3) is 0 Å². The van der Waals surface area contributed by atoms with Gasteiger partial charge in [0.1, 0.15) is 17.2 Å². The van der Waals surface area contributed by atoms with Gasteiger partial charge < -0.3 is 14.8 Å². The summed E-state index contributed by atoms with van der Waals surface area (Å²) in [5, 5.41) is 3.02. The van der Waals surface area contributed by atoms with Crippen LogP contribution in [0.5, 0.6) is 5.75 Å². The SMILES string of the molecule is COc1cc(F)ccc1NCCC(=O)OC(C)(C)C. The minimum absolute atomic E-state index is 0.234. The molecule has 0 aliphatic rings. The summed E-state index contributed by atoms with van der Waals surface area (Å²) in [6.45, 7) is 5.86. The summed E-state index contributed by atoms with van der Waals surface area (Å²) in [4.78, 5) is 11.5. The first-order valence-corrected chi connectivity index (χ1v) is 6.11. The molecule has 0 bridgehead atoms. The van der Waals surface area contributed by atoms with Crippen molar-refractivity contribution in [1.29, 1.82) is 0 Å². The van der Waals surface area contributed by atoms with Crippen LogP contribution in [0.2, 0.25) is 0 Å². The molecule has 106 valence electrons. The first-order chi connectivity index (χ1) is 8.81. The van der Waals surface area contributed by atoms with Crippen LogP contribution in [0.1, 0.15) is 27.2 Å². The average Bonchev–Trinajstić information content (AvgIpc) is 2.28. The van der Waals surface area contributed by atoms with Gasteiger partial charge in [0.15, 0.2) is 0 Å². The molecule has 0 saturated heterocycles. The second-order valence-electron chi connectivity index (χ2n) is 5.11. The second kappa shape index (κ2) is 6.41. The molecule has 0 unspecified atom stereocenters. The van der Waals surface area contributed by atoms with Crippen molar-refractivity contribution in [2.45, 2.75) is 32.8 Å². The maximum Gasteiger partial charge on any atom is 0.308 e. The lowest BCUT2D eigenvalue weighted by Gasteiger charge is -2.19. The van der Waals surface area contributed by atoms with Crippen LogP contribution in [0.4, 0.5) is 10.1 Å². The summed E-state index contributed by atoms with van der Waals surface area (Å²) in [5.41, 5.74) is 0.164. The smallest absolute Gasteiger partial charge is 0.308 e. The quantitative estimate of drug-likeness (QED) is 0.835. The molecule has 0 heterocycles. The number of hydrogen-bond donors (Lipinski definition) is 1. The summed E-state index contributed by atoms with van der Waals surface area (Å²) in [7, 11) is 1.47. The highest BCUT2D eigenvalue weighted by Gasteiger charge is 2.15. The molecule has 0 atom stereocenters. The van der Waals surface area contributed by atoms with E-state index >= 15 is 0 Å². The molecule has 0 saturated carbocycles. The molecule has 0 aromatic heterocycles. The molecular weight excluding hydrogens is 249 g/mol. The van der Waals surface area contributed by atoms with E-state index in [1.54, 1.807) is 6.07 Å². The van der Waals surface area contributed by atoms with Crippen LogP contribution in [0.15, 0.2) is 18.2 Å². The summed E-state index contributed by atoms with van der Waals surface area (Å²) in [6.07, 6.45) is 0.234. The van der Waals surface area contributed by atoms with Crippen molar-refractivity contribution in [1.82, 2.24) is 0 Å². The van der Waals surface area contributed by atoms with E-state index in [0.29, 0.717) is 18.0 Å². The van der Waals surface area contributed by atoms with Gasteiger partial charge in [0, 0.05) is 12.6 Å². The fraction of sp³-hybridized carbons (Fsp3) is 0.500. The summed E-state index contributed by atoms with van der Waals surface area (Å²) >= 11 is 0. The predicted molar refractivity (Wildman–Crippen MR) is 71.9 cm³/mol. The van der Waals surface area contributed by atoms with Crippen molar-refractivity contribution in [3.8, 4) is 5.75 Å². The van der Waals surface area contributed by atoms with Gasteiger partial charge in [-0.05, 0) is 32.9 Å². The molecule has 1 rings (SSSR count). The number of anilines is 1.